The third-order valence-electron chi connectivity index (χ3n) is 4.90. The van der Waals surface area contributed by atoms with E-state index in [1.165, 1.54) is 6.07 Å². The van der Waals surface area contributed by atoms with Gasteiger partial charge >= 0.3 is 0 Å². The maximum atomic E-state index is 14.4. The van der Waals surface area contributed by atoms with Crippen LogP contribution in [0.3, 0.4) is 0 Å². The Bertz CT molecular complexity index is 1010. The zero-order valence-electron chi connectivity index (χ0n) is 15.3. The van der Waals surface area contributed by atoms with Crippen molar-refractivity contribution in [2.45, 2.75) is 19.9 Å². The molecule has 138 valence electrons. The lowest BCUT2D eigenvalue weighted by Gasteiger charge is -2.30. The summed E-state index contributed by atoms with van der Waals surface area (Å²) in [4.78, 5) is 11.0. The van der Waals surface area contributed by atoms with Crippen molar-refractivity contribution in [2.24, 2.45) is 0 Å². The van der Waals surface area contributed by atoms with E-state index in [0.717, 1.165) is 17.7 Å². The van der Waals surface area contributed by atoms with Crippen molar-refractivity contribution in [1.82, 2.24) is 19.5 Å². The third kappa shape index (κ3) is 2.95. The van der Waals surface area contributed by atoms with Crippen LogP contribution < -0.4 is 5.43 Å². The first-order chi connectivity index (χ1) is 13.1. The molecule has 1 aliphatic rings. The Labute approximate surface area is 157 Å². The number of aromatic nitrogens is 3. The van der Waals surface area contributed by atoms with Crippen molar-refractivity contribution in [3.63, 3.8) is 0 Å². The Kier molecular flexibility index (Phi) is 4.35. The molecule has 2 aromatic heterocycles. The average molecular weight is 364 g/mol. The van der Waals surface area contributed by atoms with E-state index < -0.39 is 0 Å². The number of nitrogens with one attached hydrogen (secondary N) is 2. The first-order valence-corrected chi connectivity index (χ1v) is 8.88. The number of fused-ring (bicyclic) bond motifs is 1. The standard InChI is InChI=1S/C20H21FN6/c1-13-25-18(15-7-3-4-8-16(15)21)19(27(13)23-2)20(22)26-11-9-17-14(12-26)6-5-10-24-17/h3-8,10,22-23H,9,11-12H2,1-2H3. The molecule has 0 atom stereocenters. The van der Waals surface area contributed by atoms with Crippen LogP contribution in [-0.4, -0.2) is 39.0 Å². The molecular formula is C20H21FN6. The molecule has 0 fully saturated rings. The van der Waals surface area contributed by atoms with Crippen LogP contribution in [0.25, 0.3) is 11.3 Å². The number of amidine groups is 1. The Hall–Kier alpha value is -3.22. The van der Waals surface area contributed by atoms with Gasteiger partial charge in [0.15, 0.2) is 0 Å². The Balaban J connectivity index is 1.77. The molecule has 6 nitrogen and oxygen atoms in total. The summed E-state index contributed by atoms with van der Waals surface area (Å²) in [6.07, 6.45) is 2.58. The maximum absolute atomic E-state index is 14.4. The van der Waals surface area contributed by atoms with Crippen molar-refractivity contribution in [3.05, 3.63) is 71.2 Å². The van der Waals surface area contributed by atoms with E-state index in [4.69, 9.17) is 5.41 Å². The fourth-order valence-electron chi connectivity index (χ4n) is 3.57. The lowest BCUT2D eigenvalue weighted by molar-refractivity contribution is 0.386. The first kappa shape index (κ1) is 17.2. The van der Waals surface area contributed by atoms with Crippen LogP contribution in [0.1, 0.15) is 22.8 Å². The lowest BCUT2D eigenvalue weighted by Crippen LogP contribution is -2.38. The van der Waals surface area contributed by atoms with Gasteiger partial charge in [-0.05, 0) is 30.7 Å². The van der Waals surface area contributed by atoms with Gasteiger partial charge < -0.3 is 10.3 Å². The number of imidazole rings is 1. The summed E-state index contributed by atoms with van der Waals surface area (Å²) in [5.41, 5.74) is 6.69. The number of benzene rings is 1. The van der Waals surface area contributed by atoms with Crippen molar-refractivity contribution < 1.29 is 4.39 Å². The molecule has 0 saturated carbocycles. The van der Waals surface area contributed by atoms with Gasteiger partial charge in [0.05, 0.1) is 0 Å². The predicted octanol–water partition coefficient (Wildman–Crippen LogP) is 2.95. The molecule has 2 N–H and O–H groups in total. The second-order valence-electron chi connectivity index (χ2n) is 6.52. The summed E-state index contributed by atoms with van der Waals surface area (Å²) in [6.45, 7) is 3.13. The van der Waals surface area contributed by atoms with Crippen LogP contribution in [0.5, 0.6) is 0 Å². The first-order valence-electron chi connectivity index (χ1n) is 8.88. The fourth-order valence-corrected chi connectivity index (χ4v) is 3.57. The van der Waals surface area contributed by atoms with Crippen molar-refractivity contribution in [2.75, 3.05) is 19.0 Å². The Morgan fingerprint density at radius 3 is 2.81 bits per heavy atom. The molecular weight excluding hydrogens is 343 g/mol. The van der Waals surface area contributed by atoms with Gasteiger partial charge in [0.2, 0.25) is 0 Å². The number of nitrogens with zero attached hydrogens (tertiary/aromatic N) is 4. The molecule has 0 spiro atoms. The number of hydrogen-bond donors (Lipinski definition) is 2. The quantitative estimate of drug-likeness (QED) is 0.554. The second kappa shape index (κ2) is 6.83. The smallest absolute Gasteiger partial charge is 0.149 e. The van der Waals surface area contributed by atoms with Gasteiger partial charge in [-0.25, -0.2) is 14.1 Å². The number of rotatable bonds is 3. The van der Waals surface area contributed by atoms with Crippen LogP contribution >= 0.6 is 0 Å². The van der Waals surface area contributed by atoms with Gasteiger partial charge in [0, 0.05) is 44.0 Å². The van der Waals surface area contributed by atoms with Gasteiger partial charge in [0.1, 0.15) is 28.9 Å². The molecule has 3 heterocycles. The molecule has 0 aliphatic carbocycles. The number of pyridine rings is 1. The molecule has 7 heteroatoms. The number of hydrogen-bond acceptors (Lipinski definition) is 4. The minimum absolute atomic E-state index is 0.317. The molecule has 0 radical (unpaired) electrons. The highest BCUT2D eigenvalue weighted by Crippen LogP contribution is 2.28. The minimum atomic E-state index is -0.347. The SMILES string of the molecule is CNn1c(C)nc(-c2ccccc2F)c1C(=N)N1CCc2ncccc2C1. The second-order valence-corrected chi connectivity index (χ2v) is 6.52. The van der Waals surface area contributed by atoms with Gasteiger partial charge in [-0.15, -0.1) is 0 Å². The molecule has 1 aliphatic heterocycles. The van der Waals surface area contributed by atoms with Crippen LogP contribution in [0.2, 0.25) is 0 Å². The van der Waals surface area contributed by atoms with Crippen molar-refractivity contribution in [1.29, 1.82) is 5.41 Å². The summed E-state index contributed by atoms with van der Waals surface area (Å²) in [6, 6.07) is 10.5. The largest absolute Gasteiger partial charge is 0.350 e. The topological polar surface area (TPSA) is 69.8 Å². The van der Waals surface area contributed by atoms with Gasteiger partial charge in [0.25, 0.3) is 0 Å². The Morgan fingerprint density at radius 1 is 1.22 bits per heavy atom. The van der Waals surface area contributed by atoms with Crippen LogP contribution in [0.4, 0.5) is 4.39 Å². The van der Waals surface area contributed by atoms with E-state index in [1.807, 2.05) is 24.0 Å². The van der Waals surface area contributed by atoms with E-state index in [1.54, 1.807) is 36.1 Å². The third-order valence-corrected chi connectivity index (χ3v) is 4.90. The summed E-state index contributed by atoms with van der Waals surface area (Å²) < 4.78 is 16.2. The minimum Gasteiger partial charge on any atom is -0.350 e. The van der Waals surface area contributed by atoms with Gasteiger partial charge in [-0.1, -0.05) is 18.2 Å². The Morgan fingerprint density at radius 2 is 2.04 bits per heavy atom. The molecule has 27 heavy (non-hydrogen) atoms. The van der Waals surface area contributed by atoms with E-state index in [-0.39, 0.29) is 5.82 Å². The van der Waals surface area contributed by atoms with E-state index in [0.29, 0.717) is 41.7 Å². The normalized spacial score (nSPS) is 13.4. The molecule has 0 saturated heterocycles. The van der Waals surface area contributed by atoms with Crippen molar-refractivity contribution >= 4 is 5.84 Å². The lowest BCUT2D eigenvalue weighted by atomic mass is 10.0. The van der Waals surface area contributed by atoms with Crippen LogP contribution in [0.15, 0.2) is 42.6 Å². The molecule has 0 unspecified atom stereocenters. The van der Waals surface area contributed by atoms with Crippen molar-refractivity contribution in [3.8, 4) is 11.3 Å². The zero-order valence-corrected chi connectivity index (χ0v) is 15.3. The predicted molar refractivity (Wildman–Crippen MR) is 103 cm³/mol. The highest BCUT2D eigenvalue weighted by atomic mass is 19.1. The summed E-state index contributed by atoms with van der Waals surface area (Å²) >= 11 is 0. The van der Waals surface area contributed by atoms with Gasteiger partial charge in [-0.2, -0.15) is 0 Å². The summed E-state index contributed by atoms with van der Waals surface area (Å²) in [5, 5.41) is 8.87. The maximum Gasteiger partial charge on any atom is 0.149 e. The zero-order chi connectivity index (χ0) is 19.0. The average Bonchev–Trinajstić information content (AvgIpc) is 3.03. The summed E-state index contributed by atoms with van der Waals surface area (Å²) in [7, 11) is 1.77. The highest BCUT2D eigenvalue weighted by molar-refractivity contribution is 6.00. The van der Waals surface area contributed by atoms with E-state index in [2.05, 4.69) is 15.4 Å². The van der Waals surface area contributed by atoms with Crippen LogP contribution in [0, 0.1) is 18.2 Å². The molecule has 0 bridgehead atoms. The highest BCUT2D eigenvalue weighted by Gasteiger charge is 2.27. The fraction of sp³-hybridized carbons (Fsp3) is 0.250. The van der Waals surface area contributed by atoms with Gasteiger partial charge in [-0.3, -0.25) is 10.4 Å². The van der Waals surface area contributed by atoms with E-state index >= 15 is 0 Å². The van der Waals surface area contributed by atoms with Crippen LogP contribution in [-0.2, 0) is 13.0 Å². The number of aryl methyl sites for hydroxylation is 1. The molecule has 4 rings (SSSR count). The van der Waals surface area contributed by atoms with E-state index in [9.17, 15) is 4.39 Å². The number of halogens is 1. The molecule has 0 amide bonds. The monoisotopic (exact) mass is 364 g/mol. The summed E-state index contributed by atoms with van der Waals surface area (Å²) in [5.74, 6) is 0.646. The molecule has 1 aromatic carbocycles. The molecule has 3 aromatic rings.